The van der Waals surface area contributed by atoms with Gasteiger partial charge < -0.3 is 25.4 Å². The zero-order valence-electron chi connectivity index (χ0n) is 9.02. The molecule has 0 saturated heterocycles. The molecule has 0 fully saturated rings. The number of nitrogen functional groups attached to an aromatic ring is 1. The molecule has 2 heterocycles. The fourth-order valence-electron chi connectivity index (χ4n) is 1.41. The first-order valence-electron chi connectivity index (χ1n) is 4.71. The number of rotatable bonds is 2. The van der Waals surface area contributed by atoms with Crippen molar-refractivity contribution in [2.75, 3.05) is 36.5 Å². The number of anilines is 3. The lowest BCUT2D eigenvalue weighted by Crippen LogP contribution is -2.28. The van der Waals surface area contributed by atoms with E-state index in [4.69, 9.17) is 27.4 Å². The summed E-state index contributed by atoms with van der Waals surface area (Å²) >= 11 is 4.74. The minimum absolute atomic E-state index is 0.0243. The Balaban J connectivity index is 2.16. The van der Waals surface area contributed by atoms with E-state index >= 15 is 0 Å². The third kappa shape index (κ3) is 2.23. The number of H-pyrrole nitrogens is 1. The van der Waals surface area contributed by atoms with Crippen molar-refractivity contribution in [1.82, 2.24) is 9.97 Å². The molecule has 0 spiro atoms. The minimum Gasteiger partial charge on any atom is -0.460 e. The minimum atomic E-state index is -0.315. The van der Waals surface area contributed by atoms with Crippen molar-refractivity contribution in [2.45, 2.75) is 0 Å². The number of methoxy groups -OCH3 is 1. The molecule has 1 aliphatic rings. The van der Waals surface area contributed by atoms with Crippen molar-refractivity contribution in [3.63, 3.8) is 0 Å². The van der Waals surface area contributed by atoms with Crippen LogP contribution in [0, 0.1) is 0 Å². The fourth-order valence-corrected chi connectivity index (χ4v) is 1.46. The molecule has 0 atom stereocenters. The Morgan fingerprint density at radius 1 is 1.71 bits per heavy atom. The standard InChI is InChI=1S/C8H11N5O3S/c1-15-8(17)16-3-13-2-10-4-5(13)11-7(9)12-6(4)14/h10H,2-3H2,1H3,(H3,9,11,12,14). The smallest absolute Gasteiger partial charge is 0.353 e. The lowest BCUT2D eigenvalue weighted by molar-refractivity contribution is 0.211. The van der Waals surface area contributed by atoms with E-state index in [0.717, 1.165) is 0 Å². The average molecular weight is 257 g/mol. The molecule has 8 nitrogen and oxygen atoms in total. The Morgan fingerprint density at radius 3 is 3.18 bits per heavy atom. The van der Waals surface area contributed by atoms with Gasteiger partial charge >= 0.3 is 5.24 Å². The number of ether oxygens (including phenoxy) is 2. The number of fused-ring (bicyclic) bond motifs is 1. The third-order valence-corrected chi connectivity index (χ3v) is 2.45. The maximum atomic E-state index is 11.5. The first kappa shape index (κ1) is 11.5. The van der Waals surface area contributed by atoms with E-state index in [0.29, 0.717) is 18.2 Å². The van der Waals surface area contributed by atoms with Crippen molar-refractivity contribution >= 4 is 34.9 Å². The topological polar surface area (TPSA) is 106 Å². The van der Waals surface area contributed by atoms with Gasteiger partial charge in [0.05, 0.1) is 13.8 Å². The summed E-state index contributed by atoms with van der Waals surface area (Å²) in [6, 6.07) is 0. The first-order valence-corrected chi connectivity index (χ1v) is 5.12. The van der Waals surface area contributed by atoms with Gasteiger partial charge in [0.25, 0.3) is 5.56 Å². The van der Waals surface area contributed by atoms with Crippen LogP contribution in [0.2, 0.25) is 0 Å². The van der Waals surface area contributed by atoms with Crippen molar-refractivity contribution < 1.29 is 9.47 Å². The molecule has 0 radical (unpaired) electrons. The van der Waals surface area contributed by atoms with Crippen LogP contribution in [0.15, 0.2) is 4.79 Å². The van der Waals surface area contributed by atoms with Crippen LogP contribution in [-0.2, 0) is 9.47 Å². The van der Waals surface area contributed by atoms with E-state index in [2.05, 4.69) is 15.3 Å². The van der Waals surface area contributed by atoms with Crippen LogP contribution < -0.4 is 21.5 Å². The van der Waals surface area contributed by atoms with Gasteiger partial charge in [-0.2, -0.15) is 4.98 Å². The van der Waals surface area contributed by atoms with Crippen molar-refractivity contribution in [3.05, 3.63) is 10.4 Å². The highest BCUT2D eigenvalue weighted by Crippen LogP contribution is 2.24. The van der Waals surface area contributed by atoms with E-state index in [-0.39, 0.29) is 23.5 Å². The van der Waals surface area contributed by atoms with E-state index in [1.54, 1.807) is 4.90 Å². The quantitative estimate of drug-likeness (QED) is 0.606. The van der Waals surface area contributed by atoms with Gasteiger partial charge in [-0.25, -0.2) is 0 Å². The number of hydrogen-bond donors (Lipinski definition) is 3. The van der Waals surface area contributed by atoms with Crippen LogP contribution in [0.3, 0.4) is 0 Å². The molecule has 0 aromatic carbocycles. The molecular formula is C8H11N5O3S. The highest BCUT2D eigenvalue weighted by Gasteiger charge is 2.24. The number of nitrogens with zero attached hydrogens (tertiary/aromatic N) is 2. The zero-order valence-corrected chi connectivity index (χ0v) is 9.84. The molecular weight excluding hydrogens is 246 g/mol. The Hall–Kier alpha value is -2.03. The summed E-state index contributed by atoms with van der Waals surface area (Å²) in [4.78, 5) is 19.6. The van der Waals surface area contributed by atoms with Crippen LogP contribution in [-0.4, -0.2) is 35.7 Å². The second kappa shape index (κ2) is 4.45. The second-order valence-corrected chi connectivity index (χ2v) is 3.59. The first-order chi connectivity index (χ1) is 8.11. The van der Waals surface area contributed by atoms with Gasteiger partial charge in [-0.3, -0.25) is 9.78 Å². The predicted molar refractivity (Wildman–Crippen MR) is 65.8 cm³/mol. The van der Waals surface area contributed by atoms with E-state index in [9.17, 15) is 4.79 Å². The molecule has 0 amide bonds. The van der Waals surface area contributed by atoms with Gasteiger partial charge in [0.1, 0.15) is 5.69 Å². The Kier molecular flexibility index (Phi) is 3.00. The molecule has 92 valence electrons. The normalized spacial score (nSPS) is 12.9. The Labute approximate surface area is 102 Å². The van der Waals surface area contributed by atoms with Gasteiger partial charge in [0.2, 0.25) is 5.95 Å². The number of aromatic nitrogens is 2. The lowest BCUT2D eigenvalue weighted by Gasteiger charge is -2.16. The molecule has 2 rings (SSSR count). The predicted octanol–water partition coefficient (Wildman–Crippen LogP) is -0.553. The highest BCUT2D eigenvalue weighted by atomic mass is 32.1. The SMILES string of the molecule is COC(=S)OCN1CNc2c1nc(N)[nH]c2=O. The number of aromatic amines is 1. The molecule has 1 aromatic rings. The van der Waals surface area contributed by atoms with E-state index in [1.165, 1.54) is 7.11 Å². The number of thiocarbonyl (C=S) groups is 1. The average Bonchev–Trinajstić information content (AvgIpc) is 2.69. The third-order valence-electron chi connectivity index (χ3n) is 2.17. The molecule has 0 aliphatic carbocycles. The Morgan fingerprint density at radius 2 is 2.47 bits per heavy atom. The summed E-state index contributed by atoms with van der Waals surface area (Å²) in [6.45, 7) is 0.518. The molecule has 1 aliphatic heterocycles. The van der Waals surface area contributed by atoms with Crippen LogP contribution in [0.1, 0.15) is 0 Å². The van der Waals surface area contributed by atoms with Crippen LogP contribution in [0.25, 0.3) is 0 Å². The Bertz CT molecular complexity index is 502. The van der Waals surface area contributed by atoms with Gasteiger partial charge in [-0.15, -0.1) is 0 Å². The zero-order chi connectivity index (χ0) is 12.4. The highest BCUT2D eigenvalue weighted by molar-refractivity contribution is 7.79. The van der Waals surface area contributed by atoms with Crippen molar-refractivity contribution in [1.29, 1.82) is 0 Å². The van der Waals surface area contributed by atoms with Crippen LogP contribution in [0.5, 0.6) is 0 Å². The summed E-state index contributed by atoms with van der Waals surface area (Å²) in [5.74, 6) is 0.488. The van der Waals surface area contributed by atoms with Crippen LogP contribution in [0.4, 0.5) is 17.5 Å². The van der Waals surface area contributed by atoms with Crippen molar-refractivity contribution in [2.24, 2.45) is 0 Å². The number of nitrogens with one attached hydrogen (secondary N) is 2. The van der Waals surface area contributed by atoms with Crippen LogP contribution >= 0.6 is 12.2 Å². The van der Waals surface area contributed by atoms with Crippen molar-refractivity contribution in [3.8, 4) is 0 Å². The van der Waals surface area contributed by atoms with Gasteiger partial charge in [-0.05, 0) is 0 Å². The molecule has 17 heavy (non-hydrogen) atoms. The molecule has 1 aromatic heterocycles. The fraction of sp³-hybridized carbons (Fsp3) is 0.375. The summed E-state index contributed by atoms with van der Waals surface area (Å²) in [5.41, 5.74) is 5.51. The number of hydrogen-bond acceptors (Lipinski definition) is 8. The summed E-state index contributed by atoms with van der Waals surface area (Å²) in [7, 11) is 1.42. The lowest BCUT2D eigenvalue weighted by atomic mass is 10.5. The summed E-state index contributed by atoms with van der Waals surface area (Å²) in [6.07, 6.45) is 0. The summed E-state index contributed by atoms with van der Waals surface area (Å²) in [5, 5.41) is 2.91. The molecule has 4 N–H and O–H groups in total. The van der Waals surface area contributed by atoms with Gasteiger partial charge in [0.15, 0.2) is 12.5 Å². The van der Waals surface area contributed by atoms with Gasteiger partial charge in [0, 0.05) is 12.2 Å². The largest absolute Gasteiger partial charge is 0.460 e. The number of nitrogens with two attached hydrogens (primary N) is 1. The molecule has 9 heteroatoms. The second-order valence-electron chi connectivity index (χ2n) is 3.25. The monoisotopic (exact) mass is 257 g/mol. The maximum absolute atomic E-state index is 11.5. The summed E-state index contributed by atoms with van der Waals surface area (Å²) < 4.78 is 9.81. The van der Waals surface area contributed by atoms with Gasteiger partial charge in [-0.1, -0.05) is 0 Å². The maximum Gasteiger partial charge on any atom is 0.353 e. The molecule has 0 unspecified atom stereocenters. The molecule has 0 bridgehead atoms. The van der Waals surface area contributed by atoms with E-state index < -0.39 is 0 Å². The molecule has 0 saturated carbocycles. The van der Waals surface area contributed by atoms with E-state index in [1.807, 2.05) is 0 Å².